The van der Waals surface area contributed by atoms with E-state index < -0.39 is 0 Å². The van der Waals surface area contributed by atoms with Gasteiger partial charge in [-0.25, -0.2) is 0 Å². The van der Waals surface area contributed by atoms with Crippen molar-refractivity contribution in [2.75, 3.05) is 6.61 Å². The summed E-state index contributed by atoms with van der Waals surface area (Å²) in [5, 5.41) is 8.59. The van der Waals surface area contributed by atoms with Crippen molar-refractivity contribution in [1.29, 1.82) is 0 Å². The monoisotopic (exact) mass is 129 g/mol. The van der Waals surface area contributed by atoms with Crippen LogP contribution in [0.5, 0.6) is 0 Å². The maximum Gasteiger partial charge on any atom is 0.0434 e. The molecule has 2 heteroatoms. The summed E-state index contributed by atoms with van der Waals surface area (Å²) in [6, 6.07) is 0.372. The van der Waals surface area contributed by atoms with Crippen molar-refractivity contribution < 1.29 is 5.11 Å². The fraction of sp³-hybridized carbons (Fsp3) is 1.00. The van der Waals surface area contributed by atoms with E-state index in [2.05, 4.69) is 0 Å². The van der Waals surface area contributed by atoms with Crippen molar-refractivity contribution in [2.24, 2.45) is 11.7 Å². The predicted octanol–water partition coefficient (Wildman–Crippen LogP) is 0.496. The van der Waals surface area contributed by atoms with Gasteiger partial charge in [0.15, 0.2) is 0 Å². The van der Waals surface area contributed by atoms with Gasteiger partial charge in [-0.1, -0.05) is 6.42 Å². The van der Waals surface area contributed by atoms with E-state index in [1.807, 2.05) is 0 Å². The minimum absolute atomic E-state index is 0.304. The van der Waals surface area contributed by atoms with Crippen LogP contribution < -0.4 is 5.73 Å². The van der Waals surface area contributed by atoms with Gasteiger partial charge in [0.05, 0.1) is 0 Å². The molecule has 54 valence electrons. The van der Waals surface area contributed by atoms with Crippen molar-refractivity contribution in [2.45, 2.75) is 31.7 Å². The molecular weight excluding hydrogens is 114 g/mol. The van der Waals surface area contributed by atoms with Gasteiger partial charge < -0.3 is 10.8 Å². The van der Waals surface area contributed by atoms with Gasteiger partial charge >= 0.3 is 0 Å². The molecule has 0 aliphatic heterocycles. The highest BCUT2D eigenvalue weighted by Crippen LogP contribution is 2.25. The third-order valence-corrected chi connectivity index (χ3v) is 2.22. The molecule has 2 atom stereocenters. The molecule has 0 aromatic heterocycles. The molecule has 0 spiro atoms. The molecule has 2 nitrogen and oxygen atoms in total. The molecule has 0 aromatic rings. The van der Waals surface area contributed by atoms with Crippen LogP contribution in [0.4, 0.5) is 0 Å². The van der Waals surface area contributed by atoms with Gasteiger partial charge in [-0.3, -0.25) is 0 Å². The zero-order valence-electron chi connectivity index (χ0n) is 5.71. The largest absolute Gasteiger partial charge is 0.396 e. The molecule has 1 fully saturated rings. The van der Waals surface area contributed by atoms with E-state index in [4.69, 9.17) is 10.8 Å². The number of aliphatic hydroxyl groups excluding tert-OH is 1. The van der Waals surface area contributed by atoms with E-state index in [0.29, 0.717) is 18.6 Å². The van der Waals surface area contributed by atoms with Crippen molar-refractivity contribution in [3.05, 3.63) is 0 Å². The number of rotatable bonds is 2. The molecule has 1 aliphatic carbocycles. The van der Waals surface area contributed by atoms with Crippen molar-refractivity contribution >= 4 is 0 Å². The van der Waals surface area contributed by atoms with E-state index in [0.717, 1.165) is 12.8 Å². The van der Waals surface area contributed by atoms with Crippen LogP contribution in [0.25, 0.3) is 0 Å². The lowest BCUT2D eigenvalue weighted by Gasteiger charge is -2.12. The third-order valence-electron chi connectivity index (χ3n) is 2.22. The summed E-state index contributed by atoms with van der Waals surface area (Å²) in [4.78, 5) is 0. The first kappa shape index (κ1) is 7.03. The van der Waals surface area contributed by atoms with E-state index in [9.17, 15) is 0 Å². The Morgan fingerprint density at radius 2 is 2.22 bits per heavy atom. The van der Waals surface area contributed by atoms with Gasteiger partial charge in [0.1, 0.15) is 0 Å². The highest BCUT2D eigenvalue weighted by atomic mass is 16.3. The molecule has 9 heavy (non-hydrogen) atoms. The lowest BCUT2D eigenvalue weighted by atomic mass is 10.0. The molecule has 0 amide bonds. The summed E-state index contributed by atoms with van der Waals surface area (Å²) in [7, 11) is 0. The standard InChI is InChI=1S/C7H15NO/c8-7-3-1-2-6(7)4-5-9/h6-7,9H,1-5,8H2/t6-,7-/m0/s1. The van der Waals surface area contributed by atoms with Crippen LogP contribution in [0, 0.1) is 5.92 Å². The van der Waals surface area contributed by atoms with Crippen LogP contribution in [0.1, 0.15) is 25.7 Å². The second-order valence-corrected chi connectivity index (χ2v) is 2.87. The first-order valence-electron chi connectivity index (χ1n) is 3.71. The Kier molecular flexibility index (Phi) is 2.49. The Morgan fingerprint density at radius 3 is 2.67 bits per heavy atom. The van der Waals surface area contributed by atoms with Crippen LogP contribution in [-0.4, -0.2) is 17.8 Å². The van der Waals surface area contributed by atoms with Gasteiger partial charge in [-0.05, 0) is 25.2 Å². The topological polar surface area (TPSA) is 46.2 Å². The summed E-state index contributed by atoms with van der Waals surface area (Å²) in [5.41, 5.74) is 5.75. The molecule has 1 rings (SSSR count). The Labute approximate surface area is 56.1 Å². The zero-order chi connectivity index (χ0) is 6.69. The minimum Gasteiger partial charge on any atom is -0.396 e. The van der Waals surface area contributed by atoms with Gasteiger partial charge in [-0.2, -0.15) is 0 Å². The number of aliphatic hydroxyl groups is 1. The molecule has 0 unspecified atom stereocenters. The van der Waals surface area contributed by atoms with Gasteiger partial charge in [-0.15, -0.1) is 0 Å². The van der Waals surface area contributed by atoms with Crippen LogP contribution in [0.2, 0.25) is 0 Å². The zero-order valence-corrected chi connectivity index (χ0v) is 5.71. The van der Waals surface area contributed by atoms with E-state index in [1.165, 1.54) is 12.8 Å². The van der Waals surface area contributed by atoms with Crippen LogP contribution in [0.3, 0.4) is 0 Å². The predicted molar refractivity (Wildman–Crippen MR) is 37.0 cm³/mol. The first-order valence-corrected chi connectivity index (χ1v) is 3.71. The molecular formula is C7H15NO. The smallest absolute Gasteiger partial charge is 0.0434 e. The summed E-state index contributed by atoms with van der Waals surface area (Å²) in [6.45, 7) is 0.304. The summed E-state index contributed by atoms with van der Waals surface area (Å²) in [6.07, 6.45) is 4.54. The highest BCUT2D eigenvalue weighted by molar-refractivity contribution is 4.79. The lowest BCUT2D eigenvalue weighted by Crippen LogP contribution is -2.24. The molecule has 0 radical (unpaired) electrons. The van der Waals surface area contributed by atoms with Crippen LogP contribution in [0.15, 0.2) is 0 Å². The maximum atomic E-state index is 8.59. The second kappa shape index (κ2) is 3.18. The normalized spacial score (nSPS) is 35.3. The quantitative estimate of drug-likeness (QED) is 0.570. The minimum atomic E-state index is 0.304. The van der Waals surface area contributed by atoms with Crippen molar-refractivity contribution in [1.82, 2.24) is 0 Å². The highest BCUT2D eigenvalue weighted by Gasteiger charge is 2.22. The molecule has 1 saturated carbocycles. The Hall–Kier alpha value is -0.0800. The van der Waals surface area contributed by atoms with Gasteiger partial charge in [0.25, 0.3) is 0 Å². The van der Waals surface area contributed by atoms with Crippen LogP contribution in [-0.2, 0) is 0 Å². The number of nitrogens with two attached hydrogens (primary N) is 1. The van der Waals surface area contributed by atoms with E-state index >= 15 is 0 Å². The van der Waals surface area contributed by atoms with E-state index in [1.54, 1.807) is 0 Å². The fourth-order valence-electron chi connectivity index (χ4n) is 1.59. The molecule has 0 aromatic carbocycles. The van der Waals surface area contributed by atoms with E-state index in [-0.39, 0.29) is 0 Å². The number of hydrogen-bond donors (Lipinski definition) is 2. The summed E-state index contributed by atoms with van der Waals surface area (Å²) < 4.78 is 0. The Morgan fingerprint density at radius 1 is 1.44 bits per heavy atom. The molecule has 0 heterocycles. The molecule has 1 aliphatic rings. The number of hydrogen-bond acceptors (Lipinski definition) is 2. The lowest BCUT2D eigenvalue weighted by molar-refractivity contribution is 0.251. The first-order chi connectivity index (χ1) is 4.34. The van der Waals surface area contributed by atoms with Gasteiger partial charge in [0.2, 0.25) is 0 Å². The maximum absolute atomic E-state index is 8.59. The summed E-state index contributed by atoms with van der Waals surface area (Å²) >= 11 is 0. The fourth-order valence-corrected chi connectivity index (χ4v) is 1.59. The average Bonchev–Trinajstić information content (AvgIpc) is 2.18. The molecule has 0 saturated heterocycles. The average molecular weight is 129 g/mol. The Balaban J connectivity index is 2.22. The van der Waals surface area contributed by atoms with Crippen molar-refractivity contribution in [3.63, 3.8) is 0 Å². The third kappa shape index (κ3) is 1.66. The van der Waals surface area contributed by atoms with Crippen molar-refractivity contribution in [3.8, 4) is 0 Å². The second-order valence-electron chi connectivity index (χ2n) is 2.87. The SMILES string of the molecule is N[C@H]1CCC[C@H]1CCO. The van der Waals surface area contributed by atoms with Gasteiger partial charge in [0, 0.05) is 12.6 Å². The van der Waals surface area contributed by atoms with Crippen LogP contribution >= 0.6 is 0 Å². The molecule has 3 N–H and O–H groups in total. The summed E-state index contributed by atoms with van der Waals surface area (Å²) in [5.74, 6) is 0.606. The molecule has 0 bridgehead atoms. The Bertz CT molecular complexity index is 85.0.